The van der Waals surface area contributed by atoms with E-state index in [1.165, 1.54) is 17.7 Å². The molecule has 0 unspecified atom stereocenters. The Morgan fingerprint density at radius 2 is 2.05 bits per heavy atom. The lowest BCUT2D eigenvalue weighted by Crippen LogP contribution is -2.01. The number of nitrogens with two attached hydrogens (primary N) is 1. The second-order valence-corrected chi connectivity index (χ2v) is 4.29. The topological polar surface area (TPSA) is 75.3 Å². The van der Waals surface area contributed by atoms with Crippen LogP contribution in [0.3, 0.4) is 0 Å². The minimum Gasteiger partial charge on any atom is -0.478 e. The second-order valence-electron chi connectivity index (χ2n) is 4.29. The van der Waals surface area contributed by atoms with E-state index >= 15 is 0 Å². The first-order valence-electron chi connectivity index (χ1n) is 6.09. The van der Waals surface area contributed by atoms with Crippen LogP contribution in [0.2, 0.25) is 0 Å². The zero-order valence-corrected chi connectivity index (χ0v) is 10.7. The van der Waals surface area contributed by atoms with Gasteiger partial charge in [0, 0.05) is 5.69 Å². The van der Waals surface area contributed by atoms with Gasteiger partial charge in [-0.05, 0) is 42.3 Å². The molecule has 0 saturated heterocycles. The zero-order valence-electron chi connectivity index (χ0n) is 10.7. The Bertz CT molecular complexity index is 609. The maximum Gasteiger partial charge on any atom is 0.335 e. The van der Waals surface area contributed by atoms with Crippen molar-refractivity contribution in [3.63, 3.8) is 0 Å². The predicted octanol–water partition coefficient (Wildman–Crippen LogP) is 3.27. The van der Waals surface area contributed by atoms with E-state index in [9.17, 15) is 4.79 Å². The van der Waals surface area contributed by atoms with Gasteiger partial charge in [0.25, 0.3) is 0 Å². The summed E-state index contributed by atoms with van der Waals surface area (Å²) in [6.07, 6.45) is 0.961. The SMILES string of the molecule is CCc1cccc(Nc2ccc(C(=O)O)cc2N)c1. The average molecular weight is 256 g/mol. The van der Waals surface area contributed by atoms with Gasteiger partial charge >= 0.3 is 5.97 Å². The number of carboxylic acid groups (broad SMARTS) is 1. The average Bonchev–Trinajstić information content (AvgIpc) is 2.41. The van der Waals surface area contributed by atoms with Crippen molar-refractivity contribution in [2.75, 3.05) is 11.1 Å². The van der Waals surface area contributed by atoms with Crippen LogP contribution in [0.4, 0.5) is 17.1 Å². The third-order valence-electron chi connectivity index (χ3n) is 2.91. The van der Waals surface area contributed by atoms with E-state index in [2.05, 4.69) is 18.3 Å². The molecule has 0 aliphatic heterocycles. The lowest BCUT2D eigenvalue weighted by atomic mass is 10.1. The Kier molecular flexibility index (Phi) is 3.71. The third kappa shape index (κ3) is 3.04. The summed E-state index contributed by atoms with van der Waals surface area (Å²) in [6.45, 7) is 2.09. The van der Waals surface area contributed by atoms with E-state index in [4.69, 9.17) is 10.8 Å². The Balaban J connectivity index is 2.25. The maximum absolute atomic E-state index is 10.8. The number of benzene rings is 2. The fourth-order valence-electron chi connectivity index (χ4n) is 1.83. The van der Waals surface area contributed by atoms with Crippen LogP contribution in [0.15, 0.2) is 42.5 Å². The van der Waals surface area contributed by atoms with Gasteiger partial charge < -0.3 is 16.2 Å². The first-order chi connectivity index (χ1) is 9.10. The van der Waals surface area contributed by atoms with Gasteiger partial charge in [-0.15, -0.1) is 0 Å². The fraction of sp³-hybridized carbons (Fsp3) is 0.133. The highest BCUT2D eigenvalue weighted by Crippen LogP contribution is 2.24. The molecule has 0 heterocycles. The molecule has 2 aromatic rings. The van der Waals surface area contributed by atoms with E-state index in [1.54, 1.807) is 6.07 Å². The van der Waals surface area contributed by atoms with Crippen LogP contribution < -0.4 is 11.1 Å². The number of carboxylic acids is 1. The molecule has 0 amide bonds. The second kappa shape index (κ2) is 5.44. The summed E-state index contributed by atoms with van der Waals surface area (Å²) in [7, 11) is 0. The monoisotopic (exact) mass is 256 g/mol. The zero-order chi connectivity index (χ0) is 13.8. The Morgan fingerprint density at radius 1 is 1.26 bits per heavy atom. The van der Waals surface area contributed by atoms with Gasteiger partial charge in [0.2, 0.25) is 0 Å². The lowest BCUT2D eigenvalue weighted by molar-refractivity contribution is 0.0697. The van der Waals surface area contributed by atoms with Crippen molar-refractivity contribution in [2.45, 2.75) is 13.3 Å². The summed E-state index contributed by atoms with van der Waals surface area (Å²) in [5, 5.41) is 12.1. The van der Waals surface area contributed by atoms with Crippen LogP contribution in [0.1, 0.15) is 22.8 Å². The highest BCUT2D eigenvalue weighted by atomic mass is 16.4. The summed E-state index contributed by atoms with van der Waals surface area (Å²) >= 11 is 0. The van der Waals surface area contributed by atoms with Crippen LogP contribution in [-0.4, -0.2) is 11.1 Å². The summed E-state index contributed by atoms with van der Waals surface area (Å²) in [5.74, 6) is -0.980. The van der Waals surface area contributed by atoms with Crippen molar-refractivity contribution < 1.29 is 9.90 Å². The van der Waals surface area contributed by atoms with Gasteiger partial charge in [-0.25, -0.2) is 4.79 Å². The number of rotatable bonds is 4. The Hall–Kier alpha value is -2.49. The van der Waals surface area contributed by atoms with Gasteiger partial charge in [0.15, 0.2) is 0 Å². The van der Waals surface area contributed by atoms with Gasteiger partial charge in [-0.3, -0.25) is 0 Å². The molecule has 4 nitrogen and oxygen atoms in total. The maximum atomic E-state index is 10.8. The summed E-state index contributed by atoms with van der Waals surface area (Å²) in [6, 6.07) is 12.7. The summed E-state index contributed by atoms with van der Waals surface area (Å²) in [4.78, 5) is 10.8. The highest BCUT2D eigenvalue weighted by molar-refractivity contribution is 5.90. The smallest absolute Gasteiger partial charge is 0.335 e. The fourth-order valence-corrected chi connectivity index (χ4v) is 1.83. The summed E-state index contributed by atoms with van der Waals surface area (Å²) in [5.41, 5.74) is 9.33. The first kappa shape index (κ1) is 13.0. The van der Waals surface area contributed by atoms with E-state index in [1.807, 2.05) is 18.2 Å². The molecule has 98 valence electrons. The summed E-state index contributed by atoms with van der Waals surface area (Å²) < 4.78 is 0. The molecule has 0 spiro atoms. The molecule has 2 rings (SSSR count). The number of nitrogen functional groups attached to an aromatic ring is 1. The Labute approximate surface area is 111 Å². The van der Waals surface area contributed by atoms with Crippen LogP contribution in [0.5, 0.6) is 0 Å². The molecule has 0 saturated carbocycles. The van der Waals surface area contributed by atoms with E-state index in [0.29, 0.717) is 11.4 Å². The molecule has 19 heavy (non-hydrogen) atoms. The minimum atomic E-state index is -0.980. The third-order valence-corrected chi connectivity index (χ3v) is 2.91. The van der Waals surface area contributed by atoms with Crippen molar-refractivity contribution in [3.8, 4) is 0 Å². The number of anilines is 3. The number of carbonyl (C=O) groups is 1. The van der Waals surface area contributed by atoms with Crippen molar-refractivity contribution in [2.24, 2.45) is 0 Å². The number of aryl methyl sites for hydroxylation is 1. The molecule has 0 fully saturated rings. The van der Waals surface area contributed by atoms with E-state index in [0.717, 1.165) is 12.1 Å². The van der Waals surface area contributed by atoms with E-state index in [-0.39, 0.29) is 5.56 Å². The van der Waals surface area contributed by atoms with Gasteiger partial charge in [-0.1, -0.05) is 19.1 Å². The van der Waals surface area contributed by atoms with Gasteiger partial charge in [0.1, 0.15) is 0 Å². The number of aromatic carboxylic acids is 1. The molecule has 0 radical (unpaired) electrons. The molecule has 4 heteroatoms. The van der Waals surface area contributed by atoms with Crippen LogP contribution in [-0.2, 0) is 6.42 Å². The number of nitrogens with one attached hydrogen (secondary N) is 1. The molecule has 0 aliphatic carbocycles. The van der Waals surface area contributed by atoms with Crippen LogP contribution >= 0.6 is 0 Å². The van der Waals surface area contributed by atoms with Gasteiger partial charge in [-0.2, -0.15) is 0 Å². The Morgan fingerprint density at radius 3 is 2.68 bits per heavy atom. The molecule has 0 aromatic heterocycles. The molecule has 0 bridgehead atoms. The van der Waals surface area contributed by atoms with E-state index < -0.39 is 5.97 Å². The standard InChI is InChI=1S/C15H16N2O2/c1-2-10-4-3-5-12(8-10)17-14-7-6-11(15(18)19)9-13(14)16/h3-9,17H,2,16H2,1H3,(H,18,19). The normalized spacial score (nSPS) is 10.2. The van der Waals surface area contributed by atoms with Crippen molar-refractivity contribution in [3.05, 3.63) is 53.6 Å². The molecule has 2 aromatic carbocycles. The van der Waals surface area contributed by atoms with Gasteiger partial charge in [0.05, 0.1) is 16.9 Å². The minimum absolute atomic E-state index is 0.186. The molecule has 0 aliphatic rings. The number of hydrogen-bond acceptors (Lipinski definition) is 3. The lowest BCUT2D eigenvalue weighted by Gasteiger charge is -2.11. The predicted molar refractivity (Wildman–Crippen MR) is 76.9 cm³/mol. The first-order valence-corrected chi connectivity index (χ1v) is 6.09. The quantitative estimate of drug-likeness (QED) is 0.734. The highest BCUT2D eigenvalue weighted by Gasteiger charge is 2.06. The largest absolute Gasteiger partial charge is 0.478 e. The molecule has 4 N–H and O–H groups in total. The van der Waals surface area contributed by atoms with Crippen molar-refractivity contribution >= 4 is 23.0 Å². The molecule has 0 atom stereocenters. The van der Waals surface area contributed by atoms with Crippen molar-refractivity contribution in [1.29, 1.82) is 0 Å². The van der Waals surface area contributed by atoms with Crippen LogP contribution in [0.25, 0.3) is 0 Å². The van der Waals surface area contributed by atoms with Crippen LogP contribution in [0, 0.1) is 0 Å². The molecular weight excluding hydrogens is 240 g/mol. The molecular formula is C15H16N2O2. The van der Waals surface area contributed by atoms with Crippen molar-refractivity contribution in [1.82, 2.24) is 0 Å². The number of hydrogen-bond donors (Lipinski definition) is 3.